The molecule has 19 heavy (non-hydrogen) atoms. The zero-order chi connectivity index (χ0) is 13.7. The SMILES string of the molecule is COc1ccc(C2(CN)CCCCCC2)cc1OC. The Kier molecular flexibility index (Phi) is 4.70. The Morgan fingerprint density at radius 2 is 1.63 bits per heavy atom. The fourth-order valence-corrected chi connectivity index (χ4v) is 3.18. The molecule has 1 saturated carbocycles. The highest BCUT2D eigenvalue weighted by Gasteiger charge is 2.32. The lowest BCUT2D eigenvalue weighted by atomic mass is 9.74. The summed E-state index contributed by atoms with van der Waals surface area (Å²) in [6.07, 6.45) is 7.55. The van der Waals surface area contributed by atoms with E-state index in [1.54, 1.807) is 14.2 Å². The third kappa shape index (κ3) is 2.86. The van der Waals surface area contributed by atoms with E-state index < -0.39 is 0 Å². The summed E-state index contributed by atoms with van der Waals surface area (Å²) in [5, 5.41) is 0. The van der Waals surface area contributed by atoms with Gasteiger partial charge in [-0.2, -0.15) is 0 Å². The summed E-state index contributed by atoms with van der Waals surface area (Å²) in [7, 11) is 3.35. The number of ether oxygens (including phenoxy) is 2. The molecule has 0 atom stereocenters. The molecule has 0 bridgehead atoms. The third-order valence-electron chi connectivity index (χ3n) is 4.45. The van der Waals surface area contributed by atoms with Gasteiger partial charge in [0, 0.05) is 12.0 Å². The Morgan fingerprint density at radius 3 is 2.16 bits per heavy atom. The molecular weight excluding hydrogens is 238 g/mol. The van der Waals surface area contributed by atoms with Crippen molar-refractivity contribution in [1.29, 1.82) is 0 Å². The first-order chi connectivity index (χ1) is 9.25. The second kappa shape index (κ2) is 6.29. The largest absolute Gasteiger partial charge is 0.493 e. The summed E-state index contributed by atoms with van der Waals surface area (Å²) >= 11 is 0. The lowest BCUT2D eigenvalue weighted by Gasteiger charge is -2.32. The molecule has 1 aromatic rings. The van der Waals surface area contributed by atoms with Gasteiger partial charge in [0.15, 0.2) is 11.5 Å². The van der Waals surface area contributed by atoms with Gasteiger partial charge in [0.2, 0.25) is 0 Å². The van der Waals surface area contributed by atoms with E-state index in [1.807, 2.05) is 6.07 Å². The Balaban J connectivity index is 2.36. The van der Waals surface area contributed by atoms with Crippen LogP contribution in [0.25, 0.3) is 0 Å². The van der Waals surface area contributed by atoms with Crippen molar-refractivity contribution < 1.29 is 9.47 Å². The van der Waals surface area contributed by atoms with E-state index >= 15 is 0 Å². The standard InChI is InChI=1S/C16H25NO2/c1-18-14-8-7-13(11-15(14)19-2)16(12-17)9-5-3-4-6-10-16/h7-8,11H,3-6,9-10,12,17H2,1-2H3. The molecule has 0 radical (unpaired) electrons. The first-order valence-electron chi connectivity index (χ1n) is 7.18. The lowest BCUT2D eigenvalue weighted by molar-refractivity contribution is 0.347. The maximum absolute atomic E-state index is 6.13. The van der Waals surface area contributed by atoms with Crippen LogP contribution < -0.4 is 15.2 Å². The molecule has 1 aromatic carbocycles. The lowest BCUT2D eigenvalue weighted by Crippen LogP contribution is -2.34. The van der Waals surface area contributed by atoms with E-state index in [1.165, 1.54) is 44.1 Å². The van der Waals surface area contributed by atoms with Gasteiger partial charge >= 0.3 is 0 Å². The average Bonchev–Trinajstić information content (AvgIpc) is 2.72. The minimum atomic E-state index is 0.121. The molecule has 3 heteroatoms. The van der Waals surface area contributed by atoms with Crippen molar-refractivity contribution in [3.05, 3.63) is 23.8 Å². The van der Waals surface area contributed by atoms with Crippen LogP contribution >= 0.6 is 0 Å². The van der Waals surface area contributed by atoms with Crippen molar-refractivity contribution >= 4 is 0 Å². The van der Waals surface area contributed by atoms with Gasteiger partial charge in [-0.3, -0.25) is 0 Å². The van der Waals surface area contributed by atoms with E-state index in [4.69, 9.17) is 15.2 Å². The number of nitrogens with two attached hydrogens (primary N) is 1. The molecule has 0 aromatic heterocycles. The van der Waals surface area contributed by atoms with Crippen LogP contribution in [0.1, 0.15) is 44.1 Å². The van der Waals surface area contributed by atoms with Crippen molar-refractivity contribution in [2.45, 2.75) is 43.9 Å². The van der Waals surface area contributed by atoms with Gasteiger partial charge in [0.05, 0.1) is 14.2 Å². The van der Waals surface area contributed by atoms with E-state index in [0.29, 0.717) is 6.54 Å². The maximum Gasteiger partial charge on any atom is 0.161 e. The van der Waals surface area contributed by atoms with Gasteiger partial charge in [0.1, 0.15) is 0 Å². The molecule has 0 spiro atoms. The summed E-state index contributed by atoms with van der Waals surface area (Å²) in [4.78, 5) is 0. The van der Waals surface area contributed by atoms with Crippen molar-refractivity contribution in [3.8, 4) is 11.5 Å². The van der Waals surface area contributed by atoms with Crippen LogP contribution in [0.2, 0.25) is 0 Å². The highest BCUT2D eigenvalue weighted by atomic mass is 16.5. The van der Waals surface area contributed by atoms with Gasteiger partial charge in [-0.1, -0.05) is 31.7 Å². The zero-order valence-corrected chi connectivity index (χ0v) is 12.1. The molecule has 0 unspecified atom stereocenters. The topological polar surface area (TPSA) is 44.5 Å². The van der Waals surface area contributed by atoms with Crippen LogP contribution in [-0.2, 0) is 5.41 Å². The predicted molar refractivity (Wildman–Crippen MR) is 78.0 cm³/mol. The van der Waals surface area contributed by atoms with Gasteiger partial charge in [-0.15, -0.1) is 0 Å². The summed E-state index contributed by atoms with van der Waals surface area (Å²) < 4.78 is 10.7. The molecule has 1 aliphatic rings. The van der Waals surface area contributed by atoms with E-state index in [-0.39, 0.29) is 5.41 Å². The van der Waals surface area contributed by atoms with Crippen LogP contribution in [0.3, 0.4) is 0 Å². The fraction of sp³-hybridized carbons (Fsp3) is 0.625. The first kappa shape index (κ1) is 14.2. The fourth-order valence-electron chi connectivity index (χ4n) is 3.18. The molecular formula is C16H25NO2. The van der Waals surface area contributed by atoms with Crippen molar-refractivity contribution in [1.82, 2.24) is 0 Å². The first-order valence-corrected chi connectivity index (χ1v) is 7.18. The van der Waals surface area contributed by atoms with E-state index in [0.717, 1.165) is 11.5 Å². The second-order valence-electron chi connectivity index (χ2n) is 5.47. The maximum atomic E-state index is 6.13. The van der Waals surface area contributed by atoms with Gasteiger partial charge in [-0.25, -0.2) is 0 Å². The van der Waals surface area contributed by atoms with E-state index in [9.17, 15) is 0 Å². The molecule has 1 aliphatic carbocycles. The van der Waals surface area contributed by atoms with Crippen LogP contribution in [0.15, 0.2) is 18.2 Å². The van der Waals surface area contributed by atoms with Crippen molar-refractivity contribution in [2.75, 3.05) is 20.8 Å². The van der Waals surface area contributed by atoms with Crippen LogP contribution in [-0.4, -0.2) is 20.8 Å². The monoisotopic (exact) mass is 263 g/mol. The third-order valence-corrected chi connectivity index (χ3v) is 4.45. The number of hydrogen-bond acceptors (Lipinski definition) is 3. The number of benzene rings is 1. The summed E-state index contributed by atoms with van der Waals surface area (Å²) in [6, 6.07) is 6.26. The molecule has 1 fully saturated rings. The normalized spacial score (nSPS) is 18.7. The zero-order valence-electron chi connectivity index (χ0n) is 12.1. The summed E-state index contributed by atoms with van der Waals surface area (Å²) in [5.41, 5.74) is 7.55. The molecule has 0 heterocycles. The van der Waals surface area contributed by atoms with Gasteiger partial charge < -0.3 is 15.2 Å². The van der Waals surface area contributed by atoms with Gasteiger partial charge in [0.25, 0.3) is 0 Å². The highest BCUT2D eigenvalue weighted by Crippen LogP contribution is 2.40. The number of rotatable bonds is 4. The van der Waals surface area contributed by atoms with Crippen LogP contribution in [0.5, 0.6) is 11.5 Å². The molecule has 2 N–H and O–H groups in total. The smallest absolute Gasteiger partial charge is 0.161 e. The average molecular weight is 263 g/mol. The van der Waals surface area contributed by atoms with E-state index in [2.05, 4.69) is 12.1 Å². The number of methoxy groups -OCH3 is 2. The van der Waals surface area contributed by atoms with Crippen molar-refractivity contribution in [3.63, 3.8) is 0 Å². The molecule has 106 valence electrons. The number of hydrogen-bond donors (Lipinski definition) is 1. The molecule has 0 aliphatic heterocycles. The second-order valence-corrected chi connectivity index (χ2v) is 5.47. The molecule has 0 saturated heterocycles. The minimum Gasteiger partial charge on any atom is -0.493 e. The highest BCUT2D eigenvalue weighted by molar-refractivity contribution is 5.45. The Labute approximate surface area is 116 Å². The minimum absolute atomic E-state index is 0.121. The summed E-state index contributed by atoms with van der Waals surface area (Å²) in [5.74, 6) is 1.59. The predicted octanol–water partition coefficient (Wildman–Crippen LogP) is 3.25. The molecule has 2 rings (SSSR count). The molecule has 3 nitrogen and oxygen atoms in total. The van der Waals surface area contributed by atoms with Crippen molar-refractivity contribution in [2.24, 2.45) is 5.73 Å². The van der Waals surface area contributed by atoms with Crippen LogP contribution in [0, 0.1) is 0 Å². The van der Waals surface area contributed by atoms with Gasteiger partial charge in [-0.05, 0) is 30.5 Å². The molecule has 0 amide bonds. The summed E-state index contributed by atoms with van der Waals surface area (Å²) in [6.45, 7) is 0.711. The Bertz CT molecular complexity index is 409. The van der Waals surface area contributed by atoms with Crippen LogP contribution in [0.4, 0.5) is 0 Å². The Morgan fingerprint density at radius 1 is 1.00 bits per heavy atom. The Hall–Kier alpha value is -1.22. The quantitative estimate of drug-likeness (QED) is 0.848.